The van der Waals surface area contributed by atoms with Gasteiger partial charge in [0.05, 0.1) is 24.2 Å². The van der Waals surface area contributed by atoms with Crippen LogP contribution in [0.3, 0.4) is 0 Å². The van der Waals surface area contributed by atoms with Crippen LogP contribution in [0.1, 0.15) is 16.7 Å². The maximum atomic E-state index is 8.89. The first kappa shape index (κ1) is 6.50. The molecule has 13 heavy (non-hydrogen) atoms. The highest BCUT2D eigenvalue weighted by atomic mass is 16.5. The highest BCUT2D eigenvalue weighted by Crippen LogP contribution is 2.13. The lowest BCUT2D eigenvalue weighted by molar-refractivity contribution is 0.461. The van der Waals surface area contributed by atoms with Crippen LogP contribution in [0.15, 0.2) is 12.3 Å². The maximum Gasteiger partial charge on any atom is 0.0998 e. The van der Waals surface area contributed by atoms with E-state index >= 15 is 0 Å². The smallest absolute Gasteiger partial charge is 0.0998 e. The molecule has 0 N–H and O–H groups in total. The Morgan fingerprint density at radius 1 is 1.31 bits per heavy atom. The largest absolute Gasteiger partial charge is 0.472 e. The van der Waals surface area contributed by atoms with Crippen molar-refractivity contribution in [2.45, 2.75) is 0 Å². The van der Waals surface area contributed by atoms with Crippen molar-refractivity contribution < 1.29 is 4.74 Å². The van der Waals surface area contributed by atoms with Crippen LogP contribution in [0.2, 0.25) is 0 Å². The Morgan fingerprint density at radius 2 is 2.23 bits per heavy atom. The van der Waals surface area contributed by atoms with Crippen molar-refractivity contribution in [3.05, 3.63) is 39.5 Å². The summed E-state index contributed by atoms with van der Waals surface area (Å²) in [5.41, 5.74) is 2.85. The topological polar surface area (TPSA) is 33.0 Å². The number of benzene rings is 1. The summed E-state index contributed by atoms with van der Waals surface area (Å²) >= 11 is 0. The third-order valence-corrected chi connectivity index (χ3v) is 2.32. The Bertz CT molecular complexity index is 588. The van der Waals surface area contributed by atoms with E-state index in [9.17, 15) is 0 Å². The fraction of sp³-hybridized carbons (Fsp3) is 0. The molecule has 0 saturated carbocycles. The second-order valence-corrected chi connectivity index (χ2v) is 3.07. The van der Waals surface area contributed by atoms with Gasteiger partial charge in [-0.05, 0) is 29.0 Å². The van der Waals surface area contributed by atoms with Crippen molar-refractivity contribution >= 4 is 18.4 Å². The minimum absolute atomic E-state index is 0.721. The van der Waals surface area contributed by atoms with Crippen LogP contribution in [0.5, 0.6) is 0 Å². The summed E-state index contributed by atoms with van der Waals surface area (Å²) in [5.74, 6) is 0. The lowest BCUT2D eigenvalue weighted by atomic mass is 10.1. The maximum absolute atomic E-state index is 8.89. The van der Waals surface area contributed by atoms with E-state index in [4.69, 9.17) is 10.00 Å². The van der Waals surface area contributed by atoms with Gasteiger partial charge in [-0.15, -0.1) is 0 Å². The van der Waals surface area contributed by atoms with Crippen molar-refractivity contribution in [2.75, 3.05) is 0 Å². The van der Waals surface area contributed by atoms with Crippen LogP contribution in [-0.2, 0) is 4.74 Å². The fourth-order valence-corrected chi connectivity index (χ4v) is 1.61. The number of rotatable bonds is 0. The summed E-state index contributed by atoms with van der Waals surface area (Å²) in [4.78, 5) is 0. The second-order valence-electron chi connectivity index (χ2n) is 3.07. The summed E-state index contributed by atoms with van der Waals surface area (Å²) < 4.78 is 5.07. The molecular weight excluding hydrogens is 162 g/mol. The number of hydrogen-bond donors (Lipinski definition) is 0. The van der Waals surface area contributed by atoms with Crippen molar-refractivity contribution in [1.82, 2.24) is 0 Å². The van der Waals surface area contributed by atoms with Crippen LogP contribution in [0.4, 0.5) is 0 Å². The van der Waals surface area contributed by atoms with Gasteiger partial charge in [-0.2, -0.15) is 5.26 Å². The van der Waals surface area contributed by atoms with Gasteiger partial charge in [0.15, 0.2) is 0 Å². The number of nitrogens with zero attached hydrogens (tertiary/aromatic N) is 1. The molecular formula is C11H5NO. The van der Waals surface area contributed by atoms with Gasteiger partial charge in [0.2, 0.25) is 0 Å². The Balaban J connectivity index is 2.51. The molecule has 60 valence electrons. The number of fused-ring (bicyclic) bond motifs is 3. The molecule has 0 spiro atoms. The molecule has 1 aromatic carbocycles. The monoisotopic (exact) mass is 167 g/mol. The Hall–Kier alpha value is -2.01. The third-order valence-electron chi connectivity index (χ3n) is 2.32. The first-order valence-corrected chi connectivity index (χ1v) is 4.01. The molecule has 2 heteroatoms. The van der Waals surface area contributed by atoms with Crippen molar-refractivity contribution in [3.8, 4) is 6.07 Å². The van der Waals surface area contributed by atoms with Gasteiger partial charge in [0, 0.05) is 10.8 Å². The zero-order valence-electron chi connectivity index (χ0n) is 6.74. The first-order valence-electron chi connectivity index (χ1n) is 4.01. The molecule has 2 nitrogen and oxygen atoms in total. The molecule has 0 atom stereocenters. The van der Waals surface area contributed by atoms with Gasteiger partial charge in [-0.3, -0.25) is 0 Å². The summed E-state index contributed by atoms with van der Waals surface area (Å²) in [6, 6.07) is 4.10. The molecule has 0 fully saturated rings. The molecule has 0 bridgehead atoms. The molecule has 0 unspecified atom stereocenters. The van der Waals surface area contributed by atoms with Crippen LogP contribution in [0.25, 0.3) is 18.4 Å². The van der Waals surface area contributed by atoms with E-state index in [1.54, 1.807) is 12.5 Å². The lowest BCUT2D eigenvalue weighted by Gasteiger charge is -2.02. The molecule has 1 aliphatic carbocycles. The van der Waals surface area contributed by atoms with E-state index in [1.807, 2.05) is 12.1 Å². The van der Waals surface area contributed by atoms with Gasteiger partial charge in [-0.25, -0.2) is 0 Å². The second kappa shape index (κ2) is 2.02. The Morgan fingerprint density at radius 3 is 3.08 bits per heavy atom. The average Bonchev–Trinajstić information content (AvgIpc) is 2.95. The Kier molecular flexibility index (Phi) is 1.01. The fourth-order valence-electron chi connectivity index (χ4n) is 1.61. The highest BCUT2D eigenvalue weighted by Gasteiger charge is 2.14. The van der Waals surface area contributed by atoms with Crippen LogP contribution >= 0.6 is 0 Å². The van der Waals surface area contributed by atoms with E-state index in [-0.39, 0.29) is 0 Å². The predicted octanol–water partition coefficient (Wildman–Crippen LogP) is 0.439. The van der Waals surface area contributed by atoms with E-state index in [1.165, 1.54) is 5.22 Å². The number of ether oxygens (including phenoxy) is 1. The zero-order valence-corrected chi connectivity index (χ0v) is 6.74. The summed E-state index contributed by atoms with van der Waals surface area (Å²) in [6.45, 7) is 0. The van der Waals surface area contributed by atoms with Crippen LogP contribution in [0, 0.1) is 11.3 Å². The first-order chi connectivity index (χ1) is 6.40. The molecule has 1 aliphatic heterocycles. The van der Waals surface area contributed by atoms with E-state index in [0.717, 1.165) is 21.9 Å². The summed E-state index contributed by atoms with van der Waals surface area (Å²) in [6.07, 6.45) is 7.18. The van der Waals surface area contributed by atoms with Gasteiger partial charge in [0.1, 0.15) is 0 Å². The quantitative estimate of drug-likeness (QED) is 0.570. The summed E-state index contributed by atoms with van der Waals surface area (Å²) in [7, 11) is 0. The highest BCUT2D eigenvalue weighted by molar-refractivity contribution is 5.74. The zero-order chi connectivity index (χ0) is 8.84. The van der Waals surface area contributed by atoms with Crippen LogP contribution in [-0.4, -0.2) is 0 Å². The molecule has 2 aliphatic rings. The van der Waals surface area contributed by atoms with Crippen molar-refractivity contribution in [2.24, 2.45) is 0 Å². The number of hydrogen-bond acceptors (Lipinski definition) is 2. The molecule has 0 saturated heterocycles. The number of nitriles is 1. The van der Waals surface area contributed by atoms with Crippen LogP contribution < -0.4 is 10.4 Å². The van der Waals surface area contributed by atoms with E-state index in [0.29, 0.717) is 0 Å². The average molecular weight is 167 g/mol. The van der Waals surface area contributed by atoms with Gasteiger partial charge < -0.3 is 4.74 Å². The molecule has 1 heterocycles. The molecule has 0 radical (unpaired) electrons. The van der Waals surface area contributed by atoms with E-state index in [2.05, 4.69) is 12.1 Å². The van der Waals surface area contributed by atoms with Crippen molar-refractivity contribution in [3.63, 3.8) is 0 Å². The SMILES string of the molecule is N#Cc1cc2c(c3c1C=COC=3)=C2. The predicted molar refractivity (Wildman–Crippen MR) is 48.6 cm³/mol. The van der Waals surface area contributed by atoms with Gasteiger partial charge in [0.25, 0.3) is 0 Å². The normalized spacial score (nSPS) is 14.1. The minimum atomic E-state index is 0.721. The Labute approximate surface area is 74.7 Å². The molecule has 0 aromatic heterocycles. The summed E-state index contributed by atoms with van der Waals surface area (Å²) in [5, 5.41) is 11.1. The third kappa shape index (κ3) is 0.759. The van der Waals surface area contributed by atoms with Gasteiger partial charge in [-0.1, -0.05) is 0 Å². The van der Waals surface area contributed by atoms with Gasteiger partial charge >= 0.3 is 0 Å². The molecule has 1 aromatic rings. The standard InChI is InChI=1S/C11H5NO/c12-5-8-3-7-4-10(7)11-6-13-2-1-9(8)11/h1-4,6H. The van der Waals surface area contributed by atoms with E-state index < -0.39 is 0 Å². The minimum Gasteiger partial charge on any atom is -0.472 e. The van der Waals surface area contributed by atoms with Crippen molar-refractivity contribution in [1.29, 1.82) is 5.26 Å². The molecule has 0 amide bonds. The molecule has 3 rings (SSSR count). The lowest BCUT2D eigenvalue weighted by Crippen LogP contribution is -2.23.